The molecule has 2 N–H and O–H groups in total. The van der Waals surface area contributed by atoms with Crippen LogP contribution in [0.1, 0.15) is 29.8 Å². The topological polar surface area (TPSA) is 52.6 Å². The summed E-state index contributed by atoms with van der Waals surface area (Å²) in [6.07, 6.45) is 0. The van der Waals surface area contributed by atoms with Crippen molar-refractivity contribution in [2.75, 3.05) is 26.7 Å². The van der Waals surface area contributed by atoms with Crippen molar-refractivity contribution in [3.8, 4) is 11.8 Å². The van der Waals surface area contributed by atoms with Crippen LogP contribution in [0.15, 0.2) is 18.2 Å². The summed E-state index contributed by atoms with van der Waals surface area (Å²) in [6.45, 7) is 4.98. The van der Waals surface area contributed by atoms with Gasteiger partial charge in [-0.1, -0.05) is 11.8 Å². The van der Waals surface area contributed by atoms with E-state index in [0.717, 1.165) is 0 Å². The fourth-order valence-electron chi connectivity index (χ4n) is 1.62. The molecule has 21 heavy (non-hydrogen) atoms. The second-order valence-electron chi connectivity index (χ2n) is 4.98. The van der Waals surface area contributed by atoms with Gasteiger partial charge in [0.25, 0.3) is 5.91 Å². The van der Waals surface area contributed by atoms with Crippen LogP contribution in [0.2, 0.25) is 0 Å². The molecule has 5 heteroatoms. The van der Waals surface area contributed by atoms with E-state index in [1.807, 2.05) is 7.05 Å². The molecular weight excluding hydrogens is 271 g/mol. The van der Waals surface area contributed by atoms with Crippen LogP contribution in [0.3, 0.4) is 0 Å². The Bertz CT molecular complexity index is 547. The van der Waals surface area contributed by atoms with Crippen LogP contribution in [0.25, 0.3) is 0 Å². The van der Waals surface area contributed by atoms with E-state index in [2.05, 4.69) is 35.9 Å². The summed E-state index contributed by atoms with van der Waals surface area (Å²) < 4.78 is 13.7. The Morgan fingerprint density at radius 1 is 1.48 bits per heavy atom. The molecule has 1 aromatic carbocycles. The minimum absolute atomic E-state index is 0.0352. The minimum atomic E-state index is -0.584. The van der Waals surface area contributed by atoms with E-state index in [4.69, 9.17) is 5.11 Å². The number of rotatable bonds is 5. The normalized spacial score (nSPS) is 10.4. The molecule has 1 rings (SSSR count). The maximum Gasteiger partial charge on any atom is 0.254 e. The number of carbonyl (C=O) groups excluding carboxylic acids is 1. The largest absolute Gasteiger partial charge is 0.384 e. The summed E-state index contributed by atoms with van der Waals surface area (Å²) in [7, 11) is 1.96. The molecule has 0 aromatic heterocycles. The maximum absolute atomic E-state index is 13.7. The molecule has 0 aliphatic carbocycles. The van der Waals surface area contributed by atoms with Crippen LogP contribution in [-0.4, -0.2) is 48.7 Å². The predicted molar refractivity (Wildman–Crippen MR) is 80.5 cm³/mol. The number of hydrogen-bond donors (Lipinski definition) is 2. The zero-order valence-corrected chi connectivity index (χ0v) is 12.6. The van der Waals surface area contributed by atoms with Crippen LogP contribution < -0.4 is 5.32 Å². The third kappa shape index (κ3) is 5.54. The lowest BCUT2D eigenvalue weighted by atomic mass is 10.1. The van der Waals surface area contributed by atoms with Gasteiger partial charge in [0.1, 0.15) is 12.4 Å². The number of hydrogen-bond acceptors (Lipinski definition) is 3. The van der Waals surface area contributed by atoms with Gasteiger partial charge in [0.2, 0.25) is 0 Å². The fraction of sp³-hybridized carbons (Fsp3) is 0.438. The first-order valence-corrected chi connectivity index (χ1v) is 6.83. The molecule has 0 aliphatic rings. The minimum Gasteiger partial charge on any atom is -0.384 e. The summed E-state index contributed by atoms with van der Waals surface area (Å²) in [5.41, 5.74) is 0.460. The van der Waals surface area contributed by atoms with Gasteiger partial charge in [-0.05, 0) is 39.1 Å². The third-order valence-corrected chi connectivity index (χ3v) is 3.15. The zero-order valence-electron chi connectivity index (χ0n) is 12.6. The number of aliphatic hydroxyl groups is 1. The number of carbonyl (C=O) groups is 1. The van der Waals surface area contributed by atoms with Gasteiger partial charge >= 0.3 is 0 Å². The molecule has 0 aliphatic heterocycles. The lowest BCUT2D eigenvalue weighted by Crippen LogP contribution is -2.36. The Kier molecular flexibility index (Phi) is 6.86. The molecule has 114 valence electrons. The Morgan fingerprint density at radius 2 is 2.19 bits per heavy atom. The quantitative estimate of drug-likeness (QED) is 0.803. The highest BCUT2D eigenvalue weighted by atomic mass is 19.1. The molecule has 0 spiro atoms. The molecule has 0 saturated carbocycles. The number of benzene rings is 1. The van der Waals surface area contributed by atoms with E-state index >= 15 is 0 Å². The van der Waals surface area contributed by atoms with Crippen molar-refractivity contribution in [3.63, 3.8) is 0 Å². The van der Waals surface area contributed by atoms with E-state index in [9.17, 15) is 9.18 Å². The van der Waals surface area contributed by atoms with Gasteiger partial charge in [-0.25, -0.2) is 4.39 Å². The van der Waals surface area contributed by atoms with Crippen molar-refractivity contribution < 1.29 is 14.3 Å². The van der Waals surface area contributed by atoms with E-state index in [0.29, 0.717) is 24.7 Å². The third-order valence-electron chi connectivity index (χ3n) is 3.15. The van der Waals surface area contributed by atoms with Gasteiger partial charge in [0.15, 0.2) is 0 Å². The number of likely N-dealkylation sites (N-methyl/N-ethyl adjacent to an activating group) is 1. The number of nitrogens with one attached hydrogen (secondary N) is 1. The summed E-state index contributed by atoms with van der Waals surface area (Å²) >= 11 is 0. The van der Waals surface area contributed by atoms with Crippen molar-refractivity contribution in [2.45, 2.75) is 19.9 Å². The van der Waals surface area contributed by atoms with Gasteiger partial charge in [0.05, 0.1) is 5.56 Å². The highest BCUT2D eigenvalue weighted by Gasteiger charge is 2.12. The van der Waals surface area contributed by atoms with Crippen molar-refractivity contribution in [1.82, 2.24) is 10.2 Å². The Balaban J connectivity index is 2.69. The molecular formula is C16H21FN2O2. The van der Waals surface area contributed by atoms with Crippen LogP contribution in [0, 0.1) is 17.7 Å². The maximum atomic E-state index is 13.7. The summed E-state index contributed by atoms with van der Waals surface area (Å²) in [4.78, 5) is 14.1. The molecule has 0 unspecified atom stereocenters. The highest BCUT2D eigenvalue weighted by Crippen LogP contribution is 2.10. The highest BCUT2D eigenvalue weighted by molar-refractivity contribution is 5.94. The molecule has 1 amide bonds. The van der Waals surface area contributed by atoms with Gasteiger partial charge < -0.3 is 15.3 Å². The number of halogens is 1. The molecule has 0 saturated heterocycles. The summed E-state index contributed by atoms with van der Waals surface area (Å²) in [5, 5.41) is 11.3. The number of amides is 1. The lowest BCUT2D eigenvalue weighted by molar-refractivity contribution is 0.0944. The second kappa shape index (κ2) is 8.40. The molecule has 0 fully saturated rings. The van der Waals surface area contributed by atoms with Crippen LogP contribution in [0.5, 0.6) is 0 Å². The molecule has 0 bridgehead atoms. The standard InChI is InChI=1S/C16H21FN2O2/c1-12(2)19(3)9-8-18-16(21)14-11-13(5-4-10-20)6-7-15(14)17/h6-7,11-12,20H,8-10H2,1-3H3,(H,18,21). The van der Waals surface area contributed by atoms with E-state index in [1.165, 1.54) is 18.2 Å². The Labute approximate surface area is 125 Å². The molecule has 0 heterocycles. The molecule has 1 aromatic rings. The van der Waals surface area contributed by atoms with Gasteiger partial charge in [-0.15, -0.1) is 0 Å². The SMILES string of the molecule is CC(C)N(C)CCNC(=O)c1cc(C#CCO)ccc1F. The van der Waals surface area contributed by atoms with E-state index < -0.39 is 11.7 Å². The van der Waals surface area contributed by atoms with Crippen molar-refractivity contribution in [2.24, 2.45) is 0 Å². The molecule has 0 radical (unpaired) electrons. The monoisotopic (exact) mass is 292 g/mol. The van der Waals surface area contributed by atoms with Crippen LogP contribution in [0.4, 0.5) is 4.39 Å². The van der Waals surface area contributed by atoms with Crippen LogP contribution >= 0.6 is 0 Å². The lowest BCUT2D eigenvalue weighted by Gasteiger charge is -2.20. The molecule has 0 atom stereocenters. The van der Waals surface area contributed by atoms with Gasteiger partial charge in [-0.3, -0.25) is 4.79 Å². The van der Waals surface area contributed by atoms with Crippen LogP contribution in [-0.2, 0) is 0 Å². The van der Waals surface area contributed by atoms with Crippen molar-refractivity contribution >= 4 is 5.91 Å². The first kappa shape index (κ1) is 17.2. The Morgan fingerprint density at radius 3 is 2.81 bits per heavy atom. The summed E-state index contributed by atoms with van der Waals surface area (Å²) in [5.74, 6) is 4.07. The summed E-state index contributed by atoms with van der Waals surface area (Å²) in [6, 6.07) is 4.45. The fourth-order valence-corrected chi connectivity index (χ4v) is 1.62. The number of aliphatic hydroxyl groups excluding tert-OH is 1. The van der Waals surface area contributed by atoms with Crippen molar-refractivity contribution in [3.05, 3.63) is 35.1 Å². The van der Waals surface area contributed by atoms with Gasteiger partial charge in [0, 0.05) is 24.7 Å². The second-order valence-corrected chi connectivity index (χ2v) is 4.98. The first-order chi connectivity index (χ1) is 9.95. The Hall–Kier alpha value is -1.90. The average molecular weight is 292 g/mol. The molecule has 4 nitrogen and oxygen atoms in total. The van der Waals surface area contributed by atoms with Crippen molar-refractivity contribution in [1.29, 1.82) is 0 Å². The zero-order chi connectivity index (χ0) is 15.8. The smallest absolute Gasteiger partial charge is 0.254 e. The van der Waals surface area contributed by atoms with Gasteiger partial charge in [-0.2, -0.15) is 0 Å². The number of nitrogens with zero attached hydrogens (tertiary/aromatic N) is 1. The predicted octanol–water partition coefficient (Wildman–Crippen LogP) is 1.24. The first-order valence-electron chi connectivity index (χ1n) is 6.83. The van der Waals surface area contributed by atoms with E-state index in [-0.39, 0.29) is 12.2 Å². The average Bonchev–Trinajstić information content (AvgIpc) is 2.45. The van der Waals surface area contributed by atoms with E-state index in [1.54, 1.807) is 0 Å².